The first-order valence-electron chi connectivity index (χ1n) is 11.0. The quantitative estimate of drug-likeness (QED) is 0.314. The molecule has 0 amide bonds. The molecule has 4 aromatic heterocycles. The zero-order valence-electron chi connectivity index (χ0n) is 18.7. The summed E-state index contributed by atoms with van der Waals surface area (Å²) in [6.07, 6.45) is 6.35. The van der Waals surface area contributed by atoms with Crippen molar-refractivity contribution in [3.05, 3.63) is 76.1 Å². The van der Waals surface area contributed by atoms with Crippen molar-refractivity contribution in [3.63, 3.8) is 0 Å². The predicted octanol–water partition coefficient (Wildman–Crippen LogP) is 4.75. The number of thiazole rings is 1. The topological polar surface area (TPSA) is 87.1 Å². The normalized spacial score (nSPS) is 11.9. The number of carbonyl (C=O) groups is 1. The largest absolute Gasteiger partial charge is 0.481 e. The fourth-order valence-corrected chi connectivity index (χ4v) is 4.61. The van der Waals surface area contributed by atoms with Gasteiger partial charge in [-0.3, -0.25) is 4.79 Å². The molecule has 4 aromatic rings. The van der Waals surface area contributed by atoms with Crippen LogP contribution in [0, 0.1) is 0 Å². The predicted molar refractivity (Wildman–Crippen MR) is 128 cm³/mol. The molecule has 33 heavy (non-hydrogen) atoms. The Kier molecular flexibility index (Phi) is 7.57. The summed E-state index contributed by atoms with van der Waals surface area (Å²) >= 11 is 1.57. The number of methoxy groups -OCH3 is 1. The average Bonchev–Trinajstić information content (AvgIpc) is 3.31. The van der Waals surface area contributed by atoms with Gasteiger partial charge in [-0.15, -0.1) is 11.3 Å². The van der Waals surface area contributed by atoms with Gasteiger partial charge in [0.25, 0.3) is 0 Å². The van der Waals surface area contributed by atoms with E-state index in [0.717, 1.165) is 52.3 Å². The number of carbonyl (C=O) groups excluding carboxylic acids is 1. The molecule has 0 aliphatic heterocycles. The van der Waals surface area contributed by atoms with E-state index in [1.807, 2.05) is 25.1 Å². The number of hydrogen-bond donors (Lipinski definition) is 0. The Bertz CT molecular complexity index is 1210. The van der Waals surface area contributed by atoms with E-state index in [4.69, 9.17) is 14.5 Å². The maximum absolute atomic E-state index is 12.2. The molecule has 0 bridgehead atoms. The lowest BCUT2D eigenvalue weighted by Crippen LogP contribution is -2.12. The van der Waals surface area contributed by atoms with Gasteiger partial charge < -0.3 is 9.47 Å². The second kappa shape index (κ2) is 11.0. The highest BCUT2D eigenvalue weighted by atomic mass is 32.1. The number of rotatable bonds is 10. The van der Waals surface area contributed by atoms with Crippen LogP contribution in [-0.4, -0.2) is 39.6 Å². The van der Waals surface area contributed by atoms with E-state index in [1.165, 1.54) is 0 Å². The summed E-state index contributed by atoms with van der Waals surface area (Å²) in [5.41, 5.74) is 3.74. The van der Waals surface area contributed by atoms with Crippen LogP contribution >= 0.6 is 11.3 Å². The van der Waals surface area contributed by atoms with Gasteiger partial charge in [-0.2, -0.15) is 0 Å². The van der Waals surface area contributed by atoms with E-state index in [2.05, 4.69) is 32.5 Å². The zero-order chi connectivity index (χ0) is 23.0. The smallest absolute Gasteiger partial charge is 0.306 e. The summed E-state index contributed by atoms with van der Waals surface area (Å²) < 4.78 is 10.4. The van der Waals surface area contributed by atoms with E-state index in [9.17, 15) is 4.79 Å². The molecule has 0 N–H and O–H groups in total. The molecular formula is C25H26N4O3S. The third-order valence-electron chi connectivity index (χ3n) is 5.30. The average molecular weight is 463 g/mol. The molecule has 0 aliphatic rings. The van der Waals surface area contributed by atoms with Gasteiger partial charge in [0.1, 0.15) is 5.01 Å². The number of aromatic nitrogens is 4. The number of esters is 1. The van der Waals surface area contributed by atoms with Crippen molar-refractivity contribution in [2.75, 3.05) is 13.7 Å². The first kappa shape index (κ1) is 22.8. The monoisotopic (exact) mass is 462 g/mol. The van der Waals surface area contributed by atoms with Crippen molar-refractivity contribution in [2.24, 2.45) is 0 Å². The van der Waals surface area contributed by atoms with E-state index >= 15 is 0 Å². The first-order chi connectivity index (χ1) is 16.2. The molecule has 0 aliphatic carbocycles. The van der Waals surface area contributed by atoms with Crippen molar-refractivity contribution >= 4 is 28.3 Å². The maximum atomic E-state index is 12.2. The molecule has 7 nitrogen and oxygen atoms in total. The Hall–Kier alpha value is -3.39. The van der Waals surface area contributed by atoms with Gasteiger partial charge >= 0.3 is 5.97 Å². The lowest BCUT2D eigenvalue weighted by Gasteiger charge is -2.14. The minimum atomic E-state index is -0.244. The third-order valence-corrected chi connectivity index (χ3v) is 6.31. The zero-order valence-corrected chi connectivity index (χ0v) is 19.5. The van der Waals surface area contributed by atoms with Crippen molar-refractivity contribution in [2.45, 2.75) is 38.5 Å². The molecule has 0 radical (unpaired) electrons. The first-order valence-corrected chi connectivity index (χ1v) is 11.8. The highest BCUT2D eigenvalue weighted by molar-refractivity contribution is 7.09. The minimum Gasteiger partial charge on any atom is -0.481 e. The minimum absolute atomic E-state index is 0.200. The van der Waals surface area contributed by atoms with E-state index in [0.29, 0.717) is 12.5 Å². The van der Waals surface area contributed by atoms with Crippen LogP contribution in [-0.2, 0) is 22.4 Å². The van der Waals surface area contributed by atoms with Crippen LogP contribution in [0.4, 0.5) is 0 Å². The summed E-state index contributed by atoms with van der Waals surface area (Å²) in [5.74, 6) is 0.0893. The summed E-state index contributed by atoms with van der Waals surface area (Å²) in [6, 6.07) is 11.8. The van der Waals surface area contributed by atoms with Gasteiger partial charge in [0, 0.05) is 40.8 Å². The van der Waals surface area contributed by atoms with Crippen LogP contribution in [0.25, 0.3) is 11.0 Å². The molecule has 1 unspecified atom stereocenters. The summed E-state index contributed by atoms with van der Waals surface area (Å²) in [7, 11) is 1.58. The highest BCUT2D eigenvalue weighted by Crippen LogP contribution is 2.31. The van der Waals surface area contributed by atoms with Crippen LogP contribution in [0.2, 0.25) is 0 Å². The molecule has 170 valence electrons. The molecule has 0 spiro atoms. The number of fused-ring (bicyclic) bond motifs is 1. The number of aryl methyl sites for hydroxylation is 2. The standard InChI is InChI=1S/C25H26N4O3S/c1-3-32-23(30)14-21(18-10-12-22(31-2)27-15-18)25-29-20(16-33-25)8-4-7-19-11-9-17-6-5-13-26-24(17)28-19/h5-6,9-13,15-16,21H,3-4,7-8,14H2,1-2H3. The third kappa shape index (κ3) is 5.90. The van der Waals surface area contributed by atoms with Gasteiger partial charge in [0.15, 0.2) is 5.65 Å². The van der Waals surface area contributed by atoms with Crippen molar-refractivity contribution in [1.29, 1.82) is 0 Å². The Labute approximate surface area is 196 Å². The van der Waals surface area contributed by atoms with E-state index < -0.39 is 0 Å². The second-order valence-electron chi connectivity index (χ2n) is 7.58. The van der Waals surface area contributed by atoms with Gasteiger partial charge in [0.05, 0.1) is 25.8 Å². The Morgan fingerprint density at radius 3 is 2.73 bits per heavy atom. The van der Waals surface area contributed by atoms with Crippen LogP contribution < -0.4 is 4.74 Å². The summed E-state index contributed by atoms with van der Waals surface area (Å²) in [5, 5.41) is 4.00. The number of nitrogens with zero attached hydrogens (tertiary/aromatic N) is 4. The molecule has 0 aromatic carbocycles. The number of ether oxygens (including phenoxy) is 2. The summed E-state index contributed by atoms with van der Waals surface area (Å²) in [4.78, 5) is 30.4. The SMILES string of the molecule is CCOC(=O)CC(c1ccc(OC)nc1)c1nc(CCCc2ccc3cccnc3n2)cs1. The van der Waals surface area contributed by atoms with Crippen LogP contribution in [0.3, 0.4) is 0 Å². The van der Waals surface area contributed by atoms with E-state index in [-0.39, 0.29) is 18.3 Å². The molecule has 8 heteroatoms. The molecule has 4 rings (SSSR count). The Balaban J connectivity index is 1.43. The summed E-state index contributed by atoms with van der Waals surface area (Å²) in [6.45, 7) is 2.16. The lowest BCUT2D eigenvalue weighted by atomic mass is 9.98. The van der Waals surface area contributed by atoms with Gasteiger partial charge in [-0.25, -0.2) is 19.9 Å². The van der Waals surface area contributed by atoms with Crippen molar-refractivity contribution < 1.29 is 14.3 Å². The second-order valence-corrected chi connectivity index (χ2v) is 8.47. The van der Waals surface area contributed by atoms with Crippen molar-refractivity contribution in [1.82, 2.24) is 19.9 Å². The fraction of sp³-hybridized carbons (Fsp3) is 0.320. The number of pyridine rings is 3. The van der Waals surface area contributed by atoms with Crippen molar-refractivity contribution in [3.8, 4) is 5.88 Å². The Morgan fingerprint density at radius 1 is 1.06 bits per heavy atom. The maximum Gasteiger partial charge on any atom is 0.306 e. The van der Waals surface area contributed by atoms with Crippen LogP contribution in [0.1, 0.15) is 47.6 Å². The highest BCUT2D eigenvalue weighted by Gasteiger charge is 2.23. The van der Waals surface area contributed by atoms with Gasteiger partial charge in [-0.1, -0.05) is 6.07 Å². The molecule has 1 atom stereocenters. The Morgan fingerprint density at radius 2 is 1.94 bits per heavy atom. The molecule has 4 heterocycles. The van der Waals surface area contributed by atoms with Gasteiger partial charge in [0.2, 0.25) is 5.88 Å². The molecule has 0 fully saturated rings. The number of hydrogen-bond acceptors (Lipinski definition) is 8. The van der Waals surface area contributed by atoms with Crippen LogP contribution in [0.5, 0.6) is 5.88 Å². The lowest BCUT2D eigenvalue weighted by molar-refractivity contribution is -0.143. The molecule has 0 saturated carbocycles. The van der Waals surface area contributed by atoms with E-state index in [1.54, 1.807) is 36.9 Å². The molecule has 0 saturated heterocycles. The molecular weight excluding hydrogens is 436 g/mol. The van der Waals surface area contributed by atoms with Crippen LogP contribution in [0.15, 0.2) is 54.2 Å². The fourth-order valence-electron chi connectivity index (χ4n) is 3.63. The van der Waals surface area contributed by atoms with Gasteiger partial charge in [-0.05, 0) is 56.0 Å².